The van der Waals surface area contributed by atoms with Crippen molar-refractivity contribution in [3.63, 3.8) is 0 Å². The second-order valence-electron chi connectivity index (χ2n) is 10.5. The zero-order valence-electron chi connectivity index (χ0n) is 22.5. The number of aliphatic hydroxyl groups excluding tert-OH is 1. The Labute approximate surface area is 222 Å². The zero-order chi connectivity index (χ0) is 27.3. The molecule has 0 aliphatic rings. The molecule has 196 valence electrons. The molecule has 5 nitrogen and oxygen atoms in total. The van der Waals surface area contributed by atoms with Crippen molar-refractivity contribution >= 4 is 23.9 Å². The molecule has 3 rings (SSSR count). The van der Waals surface area contributed by atoms with Crippen molar-refractivity contribution in [1.29, 1.82) is 0 Å². The minimum Gasteiger partial charge on any atom is -0.396 e. The van der Waals surface area contributed by atoms with Crippen molar-refractivity contribution in [1.82, 2.24) is 4.47 Å². The molecule has 0 amide bonds. The summed E-state index contributed by atoms with van der Waals surface area (Å²) in [5.41, 5.74) is 7.04. The van der Waals surface area contributed by atoms with Crippen LogP contribution in [0.5, 0.6) is 0 Å². The number of benzene rings is 3. The highest BCUT2D eigenvalue weighted by atomic mass is 32.2. The topological polar surface area (TPSA) is 66.8 Å². The van der Waals surface area contributed by atoms with Crippen molar-refractivity contribution in [2.75, 3.05) is 6.61 Å². The SMILES string of the molecule is Cc1ccc(S(=O)(=O)N(O[Si](C)(C)C(C)(C)C)C(=C=C(c2ccccc2)c2ccccc2)CCO)cc1. The summed E-state index contributed by atoms with van der Waals surface area (Å²) in [6.07, 6.45) is 0.0445. The van der Waals surface area contributed by atoms with Gasteiger partial charge in [0.15, 0.2) is 0 Å². The third-order valence-corrected chi connectivity index (χ3v) is 12.6. The highest BCUT2D eigenvalue weighted by Crippen LogP contribution is 2.39. The number of sulfonamides is 1. The molecular formula is C30H37NO4SSi. The summed E-state index contributed by atoms with van der Waals surface area (Å²) in [4.78, 5) is 0.120. The maximum atomic E-state index is 14.1. The fourth-order valence-electron chi connectivity index (χ4n) is 3.37. The largest absolute Gasteiger partial charge is 0.396 e. The lowest BCUT2D eigenvalue weighted by molar-refractivity contribution is 0.0476. The summed E-state index contributed by atoms with van der Waals surface area (Å²) < 4.78 is 35.7. The molecule has 0 aliphatic heterocycles. The van der Waals surface area contributed by atoms with Crippen LogP contribution in [0.3, 0.4) is 0 Å². The summed E-state index contributed by atoms with van der Waals surface area (Å²) in [7, 11) is -6.75. The van der Waals surface area contributed by atoms with Crippen LogP contribution < -0.4 is 0 Å². The molecule has 37 heavy (non-hydrogen) atoms. The first-order valence-electron chi connectivity index (χ1n) is 12.4. The lowest BCUT2D eigenvalue weighted by Crippen LogP contribution is -2.48. The number of hydroxylamine groups is 1. The van der Waals surface area contributed by atoms with Crippen LogP contribution in [0, 0.1) is 6.92 Å². The van der Waals surface area contributed by atoms with E-state index in [1.54, 1.807) is 24.3 Å². The highest BCUT2D eigenvalue weighted by molar-refractivity contribution is 7.89. The van der Waals surface area contributed by atoms with Crippen LogP contribution >= 0.6 is 0 Å². The maximum absolute atomic E-state index is 14.1. The molecule has 0 spiro atoms. The monoisotopic (exact) mass is 535 g/mol. The Hall–Kier alpha value is -2.93. The van der Waals surface area contributed by atoms with E-state index < -0.39 is 18.3 Å². The molecule has 0 atom stereocenters. The summed E-state index contributed by atoms with van der Waals surface area (Å²) in [6.45, 7) is 11.8. The van der Waals surface area contributed by atoms with E-state index in [1.165, 1.54) is 0 Å². The molecule has 0 saturated carbocycles. The fraction of sp³-hybridized carbons (Fsp3) is 0.300. The number of aliphatic hydroxyl groups is 1. The van der Waals surface area contributed by atoms with E-state index in [2.05, 4.69) is 26.5 Å². The van der Waals surface area contributed by atoms with E-state index >= 15 is 0 Å². The smallest absolute Gasteiger partial charge is 0.286 e. The van der Waals surface area contributed by atoms with Gasteiger partial charge in [0, 0.05) is 18.6 Å². The van der Waals surface area contributed by atoms with E-state index in [0.29, 0.717) is 5.57 Å². The van der Waals surface area contributed by atoms with Gasteiger partial charge in [-0.05, 0) is 48.3 Å². The van der Waals surface area contributed by atoms with Crippen LogP contribution in [0.25, 0.3) is 5.57 Å². The first-order valence-corrected chi connectivity index (χ1v) is 16.7. The molecule has 0 aliphatic carbocycles. The Morgan fingerprint density at radius 1 is 0.892 bits per heavy atom. The predicted octanol–water partition coefficient (Wildman–Crippen LogP) is 6.92. The predicted molar refractivity (Wildman–Crippen MR) is 153 cm³/mol. The Kier molecular flexibility index (Phi) is 9.00. The molecule has 0 fully saturated rings. The average Bonchev–Trinajstić information content (AvgIpc) is 2.86. The molecule has 1 N–H and O–H groups in total. The number of hydrogen-bond donors (Lipinski definition) is 1. The van der Waals surface area contributed by atoms with Crippen molar-refractivity contribution in [2.24, 2.45) is 0 Å². The van der Waals surface area contributed by atoms with E-state index in [4.69, 9.17) is 4.53 Å². The third kappa shape index (κ3) is 6.89. The lowest BCUT2D eigenvalue weighted by Gasteiger charge is -2.40. The van der Waals surface area contributed by atoms with Gasteiger partial charge in [0.05, 0.1) is 4.90 Å². The summed E-state index contributed by atoms with van der Waals surface area (Å²) >= 11 is 0. The van der Waals surface area contributed by atoms with E-state index in [1.807, 2.05) is 80.7 Å². The van der Waals surface area contributed by atoms with Crippen LogP contribution in [0.2, 0.25) is 18.1 Å². The molecule has 0 aromatic heterocycles. The van der Waals surface area contributed by atoms with Gasteiger partial charge >= 0.3 is 0 Å². The van der Waals surface area contributed by atoms with Gasteiger partial charge in [-0.1, -0.05) is 105 Å². The Morgan fingerprint density at radius 2 is 1.38 bits per heavy atom. The normalized spacial score (nSPS) is 12.1. The number of hydrogen-bond acceptors (Lipinski definition) is 4. The number of aryl methyl sites for hydroxylation is 1. The fourth-order valence-corrected chi connectivity index (χ4v) is 6.22. The van der Waals surface area contributed by atoms with Gasteiger partial charge in [-0.15, -0.1) is 4.47 Å². The van der Waals surface area contributed by atoms with Crippen LogP contribution in [-0.4, -0.2) is 32.9 Å². The van der Waals surface area contributed by atoms with Gasteiger partial charge in [0.2, 0.25) is 8.32 Å². The zero-order valence-corrected chi connectivity index (χ0v) is 24.3. The number of nitrogens with zero attached hydrogens (tertiary/aromatic N) is 1. The second kappa shape index (κ2) is 11.6. The Bertz CT molecular complexity index is 1310. The lowest BCUT2D eigenvalue weighted by atomic mass is 9.98. The molecule has 0 radical (unpaired) electrons. The van der Waals surface area contributed by atoms with Crippen LogP contribution in [0.1, 0.15) is 43.9 Å². The first-order chi connectivity index (χ1) is 17.4. The van der Waals surface area contributed by atoms with Crippen LogP contribution in [0.15, 0.2) is 101 Å². The van der Waals surface area contributed by atoms with Gasteiger partial charge in [-0.3, -0.25) is 0 Å². The molecule has 7 heteroatoms. The molecule has 0 saturated heterocycles. The van der Waals surface area contributed by atoms with Crippen molar-refractivity contribution in [3.05, 3.63) is 113 Å². The Morgan fingerprint density at radius 3 is 1.81 bits per heavy atom. The number of rotatable bonds is 9. The van der Waals surface area contributed by atoms with Gasteiger partial charge in [0.25, 0.3) is 10.0 Å². The first kappa shape index (κ1) is 28.6. The average molecular weight is 536 g/mol. The van der Waals surface area contributed by atoms with Crippen LogP contribution in [0.4, 0.5) is 0 Å². The minimum atomic E-state index is -4.12. The van der Waals surface area contributed by atoms with Crippen molar-refractivity contribution < 1.29 is 18.1 Å². The van der Waals surface area contributed by atoms with Gasteiger partial charge in [0.1, 0.15) is 5.70 Å². The Balaban J connectivity index is 2.36. The molecule has 3 aromatic rings. The van der Waals surface area contributed by atoms with Gasteiger partial charge in [-0.2, -0.15) is 8.42 Å². The molecule has 0 heterocycles. The van der Waals surface area contributed by atoms with Crippen molar-refractivity contribution in [2.45, 2.75) is 57.1 Å². The van der Waals surface area contributed by atoms with E-state index in [9.17, 15) is 13.5 Å². The van der Waals surface area contributed by atoms with Gasteiger partial charge in [-0.25, -0.2) is 0 Å². The van der Waals surface area contributed by atoms with E-state index in [-0.39, 0.29) is 28.7 Å². The molecule has 0 bridgehead atoms. The maximum Gasteiger partial charge on any atom is 0.286 e. The summed E-state index contributed by atoms with van der Waals surface area (Å²) in [6, 6.07) is 26.1. The highest BCUT2D eigenvalue weighted by Gasteiger charge is 2.43. The molecule has 0 unspecified atom stereocenters. The quantitative estimate of drug-likeness (QED) is 0.183. The third-order valence-electron chi connectivity index (χ3n) is 6.62. The molecular weight excluding hydrogens is 498 g/mol. The second-order valence-corrected chi connectivity index (χ2v) is 17.0. The van der Waals surface area contributed by atoms with E-state index in [0.717, 1.165) is 21.2 Å². The summed E-state index contributed by atoms with van der Waals surface area (Å²) in [5, 5.41) is 9.77. The molecule has 3 aromatic carbocycles. The van der Waals surface area contributed by atoms with Crippen LogP contribution in [-0.2, 0) is 14.6 Å². The van der Waals surface area contributed by atoms with Crippen molar-refractivity contribution in [3.8, 4) is 0 Å². The minimum absolute atomic E-state index is 0.0445. The standard InChI is InChI=1S/C30H37NO4SSi/c1-24-17-19-28(20-18-24)36(33,34)31(35-37(5,6)30(2,3)4)27(21-22-32)23-29(25-13-9-7-10-14-25)26-15-11-8-12-16-26/h7-20,32H,21-22H2,1-6H3. The summed E-state index contributed by atoms with van der Waals surface area (Å²) in [5.74, 6) is 0. The van der Waals surface area contributed by atoms with Gasteiger partial charge < -0.3 is 9.63 Å².